The number of nitrogens with zero attached hydrogens (tertiary/aromatic N) is 1. The Kier molecular flexibility index (Phi) is 3.45. The van der Waals surface area contributed by atoms with Gasteiger partial charge in [0.15, 0.2) is 0 Å². The molecule has 4 rings (SSSR count). The fourth-order valence-corrected chi connectivity index (χ4v) is 3.36. The summed E-state index contributed by atoms with van der Waals surface area (Å²) in [6.45, 7) is 1.09. The van der Waals surface area contributed by atoms with E-state index in [4.69, 9.17) is 0 Å². The molecule has 2 aromatic carbocycles. The molecule has 2 aliphatic rings. The van der Waals surface area contributed by atoms with Crippen LogP contribution in [-0.4, -0.2) is 17.5 Å². The molecule has 0 atom stereocenters. The summed E-state index contributed by atoms with van der Waals surface area (Å²) in [5.74, 6) is -0.156. The summed E-state index contributed by atoms with van der Waals surface area (Å²) in [5.41, 5.74) is 4.22. The van der Waals surface area contributed by atoms with E-state index in [1.807, 2.05) is 18.2 Å². The molecular weight excluding hydrogens is 273 g/mol. The number of hydrogen-bond donors (Lipinski definition) is 0. The SMILES string of the molecule is Fc1ccccc1-c1ccc2c(c1)C=CN(C1CCC1)CC2. The monoisotopic (exact) mass is 293 g/mol. The molecule has 22 heavy (non-hydrogen) atoms. The molecule has 0 unspecified atom stereocenters. The summed E-state index contributed by atoms with van der Waals surface area (Å²) in [6.07, 6.45) is 9.50. The van der Waals surface area contributed by atoms with Crippen LogP contribution in [0.3, 0.4) is 0 Å². The van der Waals surface area contributed by atoms with Gasteiger partial charge in [0, 0.05) is 18.2 Å². The van der Waals surface area contributed by atoms with Gasteiger partial charge in [-0.15, -0.1) is 0 Å². The number of rotatable bonds is 2. The average molecular weight is 293 g/mol. The first-order valence-corrected chi connectivity index (χ1v) is 8.13. The summed E-state index contributed by atoms with van der Waals surface area (Å²) in [4.78, 5) is 2.48. The molecule has 1 saturated carbocycles. The van der Waals surface area contributed by atoms with E-state index in [9.17, 15) is 4.39 Å². The third kappa shape index (κ3) is 2.43. The van der Waals surface area contributed by atoms with Crippen molar-refractivity contribution in [2.45, 2.75) is 31.7 Å². The topological polar surface area (TPSA) is 3.24 Å². The lowest BCUT2D eigenvalue weighted by Crippen LogP contribution is -2.37. The van der Waals surface area contributed by atoms with Crippen LogP contribution in [0.25, 0.3) is 17.2 Å². The van der Waals surface area contributed by atoms with Crippen LogP contribution < -0.4 is 0 Å². The molecule has 1 nitrogen and oxygen atoms in total. The molecule has 0 bridgehead atoms. The van der Waals surface area contributed by atoms with E-state index in [-0.39, 0.29) is 5.82 Å². The van der Waals surface area contributed by atoms with Gasteiger partial charge >= 0.3 is 0 Å². The van der Waals surface area contributed by atoms with E-state index in [2.05, 4.69) is 29.3 Å². The summed E-state index contributed by atoms with van der Waals surface area (Å²) in [5, 5.41) is 0. The maximum Gasteiger partial charge on any atom is 0.131 e. The summed E-state index contributed by atoms with van der Waals surface area (Å²) < 4.78 is 14.0. The maximum atomic E-state index is 14.0. The van der Waals surface area contributed by atoms with E-state index in [0.29, 0.717) is 5.56 Å². The van der Waals surface area contributed by atoms with E-state index in [0.717, 1.165) is 24.6 Å². The van der Waals surface area contributed by atoms with Gasteiger partial charge in [0.1, 0.15) is 5.82 Å². The highest BCUT2D eigenvalue weighted by Gasteiger charge is 2.23. The van der Waals surface area contributed by atoms with Gasteiger partial charge in [-0.1, -0.05) is 30.3 Å². The molecule has 1 fully saturated rings. The second-order valence-electron chi connectivity index (χ2n) is 6.28. The molecule has 0 amide bonds. The van der Waals surface area contributed by atoms with Crippen LogP contribution in [0, 0.1) is 5.82 Å². The van der Waals surface area contributed by atoms with Crippen molar-refractivity contribution in [1.82, 2.24) is 4.90 Å². The fraction of sp³-hybridized carbons (Fsp3) is 0.300. The van der Waals surface area contributed by atoms with Gasteiger partial charge in [-0.3, -0.25) is 0 Å². The number of fused-ring (bicyclic) bond motifs is 1. The first-order valence-electron chi connectivity index (χ1n) is 8.13. The van der Waals surface area contributed by atoms with Gasteiger partial charge in [-0.2, -0.15) is 0 Å². The smallest absolute Gasteiger partial charge is 0.131 e. The minimum atomic E-state index is -0.156. The summed E-state index contributed by atoms with van der Waals surface area (Å²) in [7, 11) is 0. The standard InChI is InChI=1S/C20H20FN/c21-20-7-2-1-6-19(20)17-9-8-15-10-12-22(18-4-3-5-18)13-11-16(15)14-17/h1-2,6-9,11,13-14,18H,3-5,10,12H2. The molecule has 1 heterocycles. The fourth-order valence-electron chi connectivity index (χ4n) is 3.36. The molecular formula is C20H20FN. The van der Waals surface area contributed by atoms with Crippen LogP contribution in [0.1, 0.15) is 30.4 Å². The minimum Gasteiger partial charge on any atom is -0.374 e. The van der Waals surface area contributed by atoms with Crippen LogP contribution in [0.2, 0.25) is 0 Å². The summed E-state index contributed by atoms with van der Waals surface area (Å²) >= 11 is 0. The highest BCUT2D eigenvalue weighted by Crippen LogP contribution is 2.30. The van der Waals surface area contributed by atoms with Gasteiger partial charge in [-0.05, 0) is 66.8 Å². The van der Waals surface area contributed by atoms with E-state index >= 15 is 0 Å². The maximum absolute atomic E-state index is 14.0. The van der Waals surface area contributed by atoms with Crippen LogP contribution in [0.5, 0.6) is 0 Å². The molecule has 0 saturated heterocycles. The molecule has 0 radical (unpaired) electrons. The van der Waals surface area contributed by atoms with Crippen molar-refractivity contribution >= 4 is 6.08 Å². The van der Waals surface area contributed by atoms with Gasteiger partial charge in [0.25, 0.3) is 0 Å². The molecule has 112 valence electrons. The lowest BCUT2D eigenvalue weighted by atomic mass is 9.91. The highest BCUT2D eigenvalue weighted by molar-refractivity contribution is 5.69. The lowest BCUT2D eigenvalue weighted by Gasteiger charge is -2.36. The largest absolute Gasteiger partial charge is 0.374 e. The van der Waals surface area contributed by atoms with Crippen LogP contribution >= 0.6 is 0 Å². The zero-order valence-corrected chi connectivity index (χ0v) is 12.6. The Bertz CT molecular complexity index is 715. The third-order valence-electron chi connectivity index (χ3n) is 4.96. The number of halogens is 1. The Hall–Kier alpha value is -2.09. The second kappa shape index (κ2) is 5.60. The normalized spacial score (nSPS) is 17.8. The molecule has 2 heteroatoms. The van der Waals surface area contributed by atoms with Crippen molar-refractivity contribution in [2.24, 2.45) is 0 Å². The summed E-state index contributed by atoms with van der Waals surface area (Å²) in [6, 6.07) is 14.0. The zero-order valence-electron chi connectivity index (χ0n) is 12.6. The van der Waals surface area contributed by atoms with Gasteiger partial charge in [-0.25, -0.2) is 4.39 Å². The third-order valence-corrected chi connectivity index (χ3v) is 4.96. The number of hydrogen-bond acceptors (Lipinski definition) is 1. The van der Waals surface area contributed by atoms with Crippen LogP contribution in [0.4, 0.5) is 4.39 Å². The predicted molar refractivity (Wildman–Crippen MR) is 88.9 cm³/mol. The average Bonchev–Trinajstić information content (AvgIpc) is 2.69. The van der Waals surface area contributed by atoms with Crippen molar-refractivity contribution in [3.05, 3.63) is 65.6 Å². The predicted octanol–water partition coefficient (Wildman–Crippen LogP) is 4.87. The van der Waals surface area contributed by atoms with Crippen molar-refractivity contribution in [3.63, 3.8) is 0 Å². The van der Waals surface area contributed by atoms with E-state index in [1.165, 1.54) is 36.5 Å². The van der Waals surface area contributed by atoms with Crippen molar-refractivity contribution < 1.29 is 4.39 Å². The second-order valence-corrected chi connectivity index (χ2v) is 6.28. The Balaban J connectivity index is 1.66. The highest BCUT2D eigenvalue weighted by atomic mass is 19.1. The Morgan fingerprint density at radius 3 is 2.68 bits per heavy atom. The molecule has 1 aliphatic heterocycles. The van der Waals surface area contributed by atoms with Crippen molar-refractivity contribution in [2.75, 3.05) is 6.54 Å². The Morgan fingerprint density at radius 1 is 1.05 bits per heavy atom. The Morgan fingerprint density at radius 2 is 1.91 bits per heavy atom. The minimum absolute atomic E-state index is 0.156. The van der Waals surface area contributed by atoms with E-state index in [1.54, 1.807) is 6.07 Å². The zero-order chi connectivity index (χ0) is 14.9. The van der Waals surface area contributed by atoms with Crippen molar-refractivity contribution in [3.8, 4) is 11.1 Å². The quantitative estimate of drug-likeness (QED) is 0.763. The number of benzene rings is 2. The van der Waals surface area contributed by atoms with Crippen LogP contribution in [0.15, 0.2) is 48.7 Å². The van der Waals surface area contributed by atoms with Crippen LogP contribution in [-0.2, 0) is 6.42 Å². The molecule has 0 N–H and O–H groups in total. The van der Waals surface area contributed by atoms with Crippen molar-refractivity contribution in [1.29, 1.82) is 0 Å². The molecule has 0 spiro atoms. The first kappa shape index (κ1) is 13.6. The first-order chi connectivity index (χ1) is 10.8. The van der Waals surface area contributed by atoms with Gasteiger partial charge in [0.2, 0.25) is 0 Å². The van der Waals surface area contributed by atoms with E-state index < -0.39 is 0 Å². The molecule has 1 aliphatic carbocycles. The molecule has 2 aromatic rings. The van der Waals surface area contributed by atoms with Gasteiger partial charge < -0.3 is 4.90 Å². The lowest BCUT2D eigenvalue weighted by molar-refractivity contribution is 0.187. The molecule has 0 aromatic heterocycles. The Labute approximate surface area is 131 Å². The van der Waals surface area contributed by atoms with Gasteiger partial charge in [0.05, 0.1) is 0 Å².